The average molecular weight is 350 g/mol. The topological polar surface area (TPSA) is 46.5 Å². The van der Waals surface area contributed by atoms with Crippen LogP contribution in [0.4, 0.5) is 0 Å². The molecule has 0 heterocycles. The summed E-state index contributed by atoms with van der Waals surface area (Å²) in [4.78, 5) is 12.8. The zero-order valence-electron chi connectivity index (χ0n) is 13.8. The largest absolute Gasteiger partial charge is 0.497 e. The molecule has 0 fully saturated rings. The van der Waals surface area contributed by atoms with E-state index in [9.17, 15) is 9.90 Å². The third kappa shape index (κ3) is 4.03. The van der Waals surface area contributed by atoms with Crippen molar-refractivity contribution in [3.8, 4) is 5.75 Å². The van der Waals surface area contributed by atoms with Crippen LogP contribution in [0, 0.1) is 0 Å². The van der Waals surface area contributed by atoms with Gasteiger partial charge < -0.3 is 9.84 Å². The Kier molecular flexibility index (Phi) is 5.41. The van der Waals surface area contributed by atoms with E-state index < -0.39 is 5.97 Å². The third-order valence-electron chi connectivity index (χ3n) is 3.89. The van der Waals surface area contributed by atoms with Gasteiger partial charge in [0.25, 0.3) is 0 Å². The quantitative estimate of drug-likeness (QED) is 0.615. The molecule has 1 atom stereocenters. The van der Waals surface area contributed by atoms with E-state index in [4.69, 9.17) is 4.74 Å². The molecule has 1 unspecified atom stereocenters. The van der Waals surface area contributed by atoms with E-state index in [0.717, 1.165) is 21.8 Å². The van der Waals surface area contributed by atoms with Crippen molar-refractivity contribution in [1.82, 2.24) is 0 Å². The summed E-state index contributed by atoms with van der Waals surface area (Å²) in [5.41, 5.74) is 2.14. The minimum Gasteiger partial charge on any atom is -0.497 e. The van der Waals surface area contributed by atoms with Crippen LogP contribution in [0.2, 0.25) is 0 Å². The number of carboxylic acid groups (broad SMARTS) is 1. The molecule has 3 nitrogen and oxygen atoms in total. The Morgan fingerprint density at radius 2 is 1.56 bits per heavy atom. The van der Waals surface area contributed by atoms with E-state index >= 15 is 0 Å². The zero-order chi connectivity index (χ0) is 17.6. The van der Waals surface area contributed by atoms with Crippen molar-refractivity contribution in [2.75, 3.05) is 7.11 Å². The standard InChI is InChI=1S/C21H18O3S/c1-24-16-13-11-15(12-14-16)20(25-17-7-3-2-4-8-17)18-9-5-6-10-19(18)21(22)23/h2-14,20H,1H3,(H,22,23). The zero-order valence-corrected chi connectivity index (χ0v) is 14.6. The average Bonchev–Trinajstić information content (AvgIpc) is 2.67. The molecular weight excluding hydrogens is 332 g/mol. The van der Waals surface area contributed by atoms with Gasteiger partial charge in [0.2, 0.25) is 0 Å². The van der Waals surface area contributed by atoms with Crippen molar-refractivity contribution >= 4 is 17.7 Å². The highest BCUT2D eigenvalue weighted by atomic mass is 32.2. The van der Waals surface area contributed by atoms with Crippen LogP contribution in [-0.4, -0.2) is 18.2 Å². The number of carbonyl (C=O) groups is 1. The summed E-state index contributed by atoms with van der Waals surface area (Å²) in [5.74, 6) is -0.137. The molecule has 3 aromatic rings. The SMILES string of the molecule is COc1ccc(C(Sc2ccccc2)c2ccccc2C(=O)O)cc1. The lowest BCUT2D eigenvalue weighted by atomic mass is 9.99. The first-order valence-corrected chi connectivity index (χ1v) is 8.75. The lowest BCUT2D eigenvalue weighted by Gasteiger charge is -2.20. The summed E-state index contributed by atoms with van der Waals surface area (Å²) in [5, 5.41) is 9.46. The fourth-order valence-corrected chi connectivity index (χ4v) is 3.86. The van der Waals surface area contributed by atoms with Crippen molar-refractivity contribution in [2.24, 2.45) is 0 Å². The molecule has 4 heteroatoms. The van der Waals surface area contributed by atoms with Gasteiger partial charge >= 0.3 is 5.97 Å². The van der Waals surface area contributed by atoms with Crippen LogP contribution >= 0.6 is 11.8 Å². The van der Waals surface area contributed by atoms with Crippen LogP contribution in [0.3, 0.4) is 0 Å². The monoisotopic (exact) mass is 350 g/mol. The Labute approximate surface area is 151 Å². The molecule has 0 aliphatic rings. The molecule has 0 saturated carbocycles. The molecule has 0 saturated heterocycles. The molecule has 25 heavy (non-hydrogen) atoms. The van der Waals surface area contributed by atoms with Crippen molar-refractivity contribution in [2.45, 2.75) is 10.1 Å². The number of methoxy groups -OCH3 is 1. The molecule has 0 amide bonds. The Bertz CT molecular complexity index is 845. The van der Waals surface area contributed by atoms with Gasteiger partial charge in [-0.2, -0.15) is 0 Å². The van der Waals surface area contributed by atoms with Crippen LogP contribution in [0.25, 0.3) is 0 Å². The molecule has 3 rings (SSSR count). The molecule has 0 aliphatic heterocycles. The number of benzene rings is 3. The molecule has 1 N–H and O–H groups in total. The van der Waals surface area contributed by atoms with Crippen molar-refractivity contribution in [3.63, 3.8) is 0 Å². The second-order valence-electron chi connectivity index (χ2n) is 5.48. The molecule has 0 aromatic heterocycles. The van der Waals surface area contributed by atoms with Gasteiger partial charge in [-0.1, -0.05) is 48.5 Å². The number of carboxylic acids is 1. The molecule has 0 bridgehead atoms. The Morgan fingerprint density at radius 1 is 0.920 bits per heavy atom. The fourth-order valence-electron chi connectivity index (χ4n) is 2.65. The van der Waals surface area contributed by atoms with E-state index in [1.54, 1.807) is 31.0 Å². The highest BCUT2D eigenvalue weighted by molar-refractivity contribution is 7.99. The summed E-state index contributed by atoms with van der Waals surface area (Å²) in [6, 6.07) is 24.9. The summed E-state index contributed by atoms with van der Waals surface area (Å²) in [6.45, 7) is 0. The van der Waals surface area contributed by atoms with Gasteiger partial charge in [-0.3, -0.25) is 0 Å². The van der Waals surface area contributed by atoms with Crippen molar-refractivity contribution in [1.29, 1.82) is 0 Å². The second-order valence-corrected chi connectivity index (χ2v) is 6.66. The number of hydrogen-bond acceptors (Lipinski definition) is 3. The molecule has 126 valence electrons. The summed E-state index contributed by atoms with van der Waals surface area (Å²) >= 11 is 1.64. The molecule has 3 aromatic carbocycles. The maximum atomic E-state index is 11.7. The van der Waals surface area contributed by atoms with Crippen molar-refractivity contribution < 1.29 is 14.6 Å². The van der Waals surface area contributed by atoms with Crippen molar-refractivity contribution in [3.05, 3.63) is 95.6 Å². The van der Waals surface area contributed by atoms with Gasteiger partial charge in [0, 0.05) is 4.90 Å². The van der Waals surface area contributed by atoms with Gasteiger partial charge in [0.1, 0.15) is 5.75 Å². The van der Waals surface area contributed by atoms with Crippen LogP contribution in [-0.2, 0) is 0 Å². The number of ether oxygens (including phenoxy) is 1. The van der Waals surface area contributed by atoms with Gasteiger partial charge in [-0.05, 0) is 41.5 Å². The molecule has 0 spiro atoms. The van der Waals surface area contributed by atoms with Gasteiger partial charge in [0.15, 0.2) is 0 Å². The molecular formula is C21H18O3S. The van der Waals surface area contributed by atoms with Crippen LogP contribution in [0.5, 0.6) is 5.75 Å². The Balaban J connectivity index is 2.07. The number of thioether (sulfide) groups is 1. The highest BCUT2D eigenvalue weighted by Gasteiger charge is 2.21. The maximum absolute atomic E-state index is 11.7. The molecule has 0 aliphatic carbocycles. The van der Waals surface area contributed by atoms with E-state index in [1.165, 1.54) is 0 Å². The predicted molar refractivity (Wildman–Crippen MR) is 101 cm³/mol. The second kappa shape index (κ2) is 7.90. The molecule has 0 radical (unpaired) electrons. The van der Waals surface area contributed by atoms with E-state index in [2.05, 4.69) is 0 Å². The third-order valence-corrected chi connectivity index (χ3v) is 5.20. The smallest absolute Gasteiger partial charge is 0.336 e. The first kappa shape index (κ1) is 17.1. The van der Waals surface area contributed by atoms with Gasteiger partial charge in [0.05, 0.1) is 17.9 Å². The van der Waals surface area contributed by atoms with E-state index in [0.29, 0.717) is 5.56 Å². The Hall–Kier alpha value is -2.72. The first-order valence-electron chi connectivity index (χ1n) is 7.87. The van der Waals surface area contributed by atoms with Crippen LogP contribution < -0.4 is 4.74 Å². The predicted octanol–water partition coefficient (Wildman–Crippen LogP) is 5.28. The minimum absolute atomic E-state index is 0.124. The maximum Gasteiger partial charge on any atom is 0.336 e. The van der Waals surface area contributed by atoms with Gasteiger partial charge in [-0.15, -0.1) is 11.8 Å². The highest BCUT2D eigenvalue weighted by Crippen LogP contribution is 2.42. The number of hydrogen-bond donors (Lipinski definition) is 1. The van der Waals surface area contributed by atoms with Gasteiger partial charge in [-0.25, -0.2) is 4.79 Å². The number of aromatic carboxylic acids is 1. The summed E-state index contributed by atoms with van der Waals surface area (Å²) < 4.78 is 5.23. The number of rotatable bonds is 6. The first-order chi connectivity index (χ1) is 12.2. The van der Waals surface area contributed by atoms with E-state index in [1.807, 2.05) is 66.7 Å². The normalized spacial score (nSPS) is 11.7. The Morgan fingerprint density at radius 3 is 2.20 bits per heavy atom. The summed E-state index contributed by atoms with van der Waals surface area (Å²) in [6.07, 6.45) is 0. The lowest BCUT2D eigenvalue weighted by Crippen LogP contribution is -2.06. The fraction of sp³-hybridized carbons (Fsp3) is 0.0952. The van der Waals surface area contributed by atoms with E-state index in [-0.39, 0.29) is 5.25 Å². The lowest BCUT2D eigenvalue weighted by molar-refractivity contribution is 0.0696. The summed E-state index contributed by atoms with van der Waals surface area (Å²) in [7, 11) is 1.63. The minimum atomic E-state index is -0.914. The van der Waals surface area contributed by atoms with Crippen LogP contribution in [0.15, 0.2) is 83.8 Å². The van der Waals surface area contributed by atoms with Crippen LogP contribution in [0.1, 0.15) is 26.7 Å².